The minimum Gasteiger partial charge on any atom is -0.378 e. The highest BCUT2D eigenvalue weighted by Crippen LogP contribution is 2.37. The van der Waals surface area contributed by atoms with Gasteiger partial charge in [-0.3, -0.25) is 15.0 Å². The first-order valence-corrected chi connectivity index (χ1v) is 7.32. The van der Waals surface area contributed by atoms with Crippen molar-refractivity contribution in [3.63, 3.8) is 0 Å². The Balaban J connectivity index is 2.41. The molecule has 0 fully saturated rings. The Hall–Kier alpha value is -1.88. The Morgan fingerprint density at radius 1 is 1.48 bits per heavy atom. The number of benzene rings is 1. The number of hydrogen-bond donors (Lipinski definition) is 1. The van der Waals surface area contributed by atoms with E-state index in [4.69, 9.17) is 0 Å². The predicted molar refractivity (Wildman–Crippen MR) is 85.6 cm³/mol. The van der Waals surface area contributed by atoms with Gasteiger partial charge in [-0.1, -0.05) is 23.8 Å². The quantitative estimate of drug-likeness (QED) is 0.523. The summed E-state index contributed by atoms with van der Waals surface area (Å²) in [7, 11) is 0. The number of anilines is 1. The van der Waals surface area contributed by atoms with Crippen LogP contribution in [-0.2, 0) is 0 Å². The van der Waals surface area contributed by atoms with Crippen molar-refractivity contribution in [2.24, 2.45) is 0 Å². The maximum atomic E-state index is 11.2. The fourth-order valence-corrected chi connectivity index (χ4v) is 2.80. The molecule has 1 aromatic rings. The summed E-state index contributed by atoms with van der Waals surface area (Å²) in [5.74, 6) is 0. The van der Waals surface area contributed by atoms with Gasteiger partial charge in [0, 0.05) is 31.2 Å². The minimum atomic E-state index is -0.311. The lowest BCUT2D eigenvalue weighted by molar-refractivity contribution is -0.384. The molecule has 21 heavy (non-hydrogen) atoms. The first kappa shape index (κ1) is 15.5. The van der Waals surface area contributed by atoms with Gasteiger partial charge >= 0.3 is 0 Å². The zero-order valence-electron chi connectivity index (χ0n) is 13.1. The van der Waals surface area contributed by atoms with Gasteiger partial charge in [0.1, 0.15) is 5.69 Å². The van der Waals surface area contributed by atoms with E-state index in [-0.39, 0.29) is 16.7 Å². The topological polar surface area (TPSA) is 58.4 Å². The van der Waals surface area contributed by atoms with Gasteiger partial charge in [0.05, 0.1) is 4.92 Å². The summed E-state index contributed by atoms with van der Waals surface area (Å²) in [5, 5.41) is 14.5. The summed E-state index contributed by atoms with van der Waals surface area (Å²) in [4.78, 5) is 13.3. The molecule has 0 bridgehead atoms. The third-order valence-electron chi connectivity index (χ3n) is 4.07. The van der Waals surface area contributed by atoms with E-state index in [0.29, 0.717) is 18.3 Å². The molecule has 1 aromatic carbocycles. The molecule has 0 saturated carbocycles. The summed E-state index contributed by atoms with van der Waals surface area (Å²) in [6.45, 7) is 10.0. The second kappa shape index (κ2) is 6.26. The highest BCUT2D eigenvalue weighted by molar-refractivity contribution is 5.67. The predicted octanol–water partition coefficient (Wildman–Crippen LogP) is 3.74. The van der Waals surface area contributed by atoms with E-state index in [1.807, 2.05) is 6.07 Å². The molecule has 5 heteroatoms. The molecule has 114 valence electrons. The molecule has 0 unspecified atom stereocenters. The van der Waals surface area contributed by atoms with Crippen molar-refractivity contribution in [2.75, 3.05) is 18.4 Å². The van der Waals surface area contributed by atoms with Crippen LogP contribution in [0.25, 0.3) is 0 Å². The second-order valence-corrected chi connectivity index (χ2v) is 5.88. The zero-order chi connectivity index (χ0) is 15.6. The van der Waals surface area contributed by atoms with Gasteiger partial charge in [-0.25, -0.2) is 0 Å². The molecule has 0 spiro atoms. The van der Waals surface area contributed by atoms with E-state index >= 15 is 0 Å². The van der Waals surface area contributed by atoms with Gasteiger partial charge in [-0.2, -0.15) is 0 Å². The summed E-state index contributed by atoms with van der Waals surface area (Å²) in [6.07, 6.45) is 2.20. The normalized spacial score (nSPS) is 21.9. The summed E-state index contributed by atoms with van der Waals surface area (Å²) >= 11 is 0. The monoisotopic (exact) mass is 289 g/mol. The van der Waals surface area contributed by atoms with E-state index in [1.165, 1.54) is 5.57 Å². The Bertz CT molecular complexity index is 565. The van der Waals surface area contributed by atoms with Crippen LogP contribution in [0.1, 0.15) is 39.3 Å². The lowest BCUT2D eigenvalue weighted by Gasteiger charge is -2.31. The first-order valence-electron chi connectivity index (χ1n) is 7.32. The largest absolute Gasteiger partial charge is 0.378 e. The van der Waals surface area contributed by atoms with Gasteiger partial charge in [0.15, 0.2) is 0 Å². The fourth-order valence-electron chi connectivity index (χ4n) is 2.80. The van der Waals surface area contributed by atoms with Crippen molar-refractivity contribution in [3.05, 3.63) is 45.5 Å². The molecular formula is C16H23N3O2. The van der Waals surface area contributed by atoms with Gasteiger partial charge < -0.3 is 5.32 Å². The van der Waals surface area contributed by atoms with Crippen LogP contribution in [0, 0.1) is 10.1 Å². The Morgan fingerprint density at radius 3 is 2.81 bits per heavy atom. The third-order valence-corrected chi connectivity index (χ3v) is 4.07. The molecule has 0 saturated heterocycles. The van der Waals surface area contributed by atoms with Crippen molar-refractivity contribution in [1.82, 2.24) is 4.90 Å². The van der Waals surface area contributed by atoms with E-state index in [2.05, 4.69) is 44.0 Å². The van der Waals surface area contributed by atoms with Crippen LogP contribution in [0.4, 0.5) is 11.4 Å². The van der Waals surface area contributed by atoms with E-state index < -0.39 is 0 Å². The van der Waals surface area contributed by atoms with Crippen molar-refractivity contribution in [2.45, 2.75) is 39.8 Å². The first-order chi connectivity index (χ1) is 9.91. The number of rotatable bonds is 3. The van der Waals surface area contributed by atoms with Crippen LogP contribution in [-0.4, -0.2) is 29.0 Å². The molecule has 0 amide bonds. The number of nitro benzene ring substituents is 1. The number of nitrogens with one attached hydrogen (secondary N) is 1. The van der Waals surface area contributed by atoms with Crippen molar-refractivity contribution in [3.8, 4) is 0 Å². The maximum absolute atomic E-state index is 11.2. The van der Waals surface area contributed by atoms with Gasteiger partial charge in [0.25, 0.3) is 5.69 Å². The Kier molecular flexibility index (Phi) is 4.63. The molecule has 1 aliphatic rings. The SMILES string of the molecule is CC(C)=CCN1[C@H](C)CNc2c(cccc2[N+](=O)[O-])[C@H]1C. The lowest BCUT2D eigenvalue weighted by atomic mass is 10.0. The summed E-state index contributed by atoms with van der Waals surface area (Å²) < 4.78 is 0. The maximum Gasteiger partial charge on any atom is 0.292 e. The van der Waals surface area contributed by atoms with Crippen LogP contribution in [0.3, 0.4) is 0 Å². The van der Waals surface area contributed by atoms with Crippen LogP contribution in [0.5, 0.6) is 0 Å². The van der Waals surface area contributed by atoms with Crippen LogP contribution >= 0.6 is 0 Å². The second-order valence-electron chi connectivity index (χ2n) is 5.88. The molecule has 2 atom stereocenters. The molecule has 1 heterocycles. The van der Waals surface area contributed by atoms with E-state index in [9.17, 15) is 10.1 Å². The smallest absolute Gasteiger partial charge is 0.292 e. The van der Waals surface area contributed by atoms with Gasteiger partial charge in [-0.15, -0.1) is 0 Å². The van der Waals surface area contributed by atoms with Crippen LogP contribution in [0.15, 0.2) is 29.8 Å². The summed E-state index contributed by atoms with van der Waals surface area (Å²) in [5.41, 5.74) is 3.11. The highest BCUT2D eigenvalue weighted by Gasteiger charge is 2.29. The number of allylic oxidation sites excluding steroid dienone is 1. The Morgan fingerprint density at radius 2 is 2.19 bits per heavy atom. The van der Waals surface area contributed by atoms with Gasteiger partial charge in [-0.05, 0) is 33.3 Å². The molecule has 2 rings (SSSR count). The van der Waals surface area contributed by atoms with Gasteiger partial charge in [0.2, 0.25) is 0 Å². The molecule has 1 N–H and O–H groups in total. The third kappa shape index (κ3) is 3.24. The van der Waals surface area contributed by atoms with Crippen molar-refractivity contribution >= 4 is 11.4 Å². The number of fused-ring (bicyclic) bond motifs is 1. The molecular weight excluding hydrogens is 266 g/mol. The van der Waals surface area contributed by atoms with Crippen LogP contribution in [0.2, 0.25) is 0 Å². The Labute approximate surface area is 125 Å². The average Bonchev–Trinajstić information content (AvgIpc) is 2.54. The number of para-hydroxylation sites is 1. The standard InChI is InChI=1S/C16H23N3O2/c1-11(2)8-9-18-12(3)10-17-16-14(13(18)4)6-5-7-15(16)19(20)21/h5-8,12-13,17H,9-10H2,1-4H3/t12-,13-/m1/s1. The molecule has 0 aromatic heterocycles. The van der Waals surface area contributed by atoms with E-state index in [1.54, 1.807) is 12.1 Å². The number of nitro groups is 1. The fraction of sp³-hybridized carbons (Fsp3) is 0.500. The molecule has 1 aliphatic heterocycles. The van der Waals surface area contributed by atoms with Crippen molar-refractivity contribution < 1.29 is 4.92 Å². The molecule has 5 nitrogen and oxygen atoms in total. The highest BCUT2D eigenvalue weighted by atomic mass is 16.6. The zero-order valence-corrected chi connectivity index (χ0v) is 13.1. The lowest BCUT2D eigenvalue weighted by Crippen LogP contribution is -2.37. The van der Waals surface area contributed by atoms with E-state index in [0.717, 1.165) is 12.1 Å². The average molecular weight is 289 g/mol. The number of nitrogens with zero attached hydrogens (tertiary/aromatic N) is 2. The van der Waals surface area contributed by atoms with Crippen molar-refractivity contribution in [1.29, 1.82) is 0 Å². The number of hydrogen-bond acceptors (Lipinski definition) is 4. The minimum absolute atomic E-state index is 0.139. The molecule has 0 aliphatic carbocycles. The van der Waals surface area contributed by atoms with Crippen LogP contribution < -0.4 is 5.32 Å². The summed E-state index contributed by atoms with van der Waals surface area (Å²) in [6, 6.07) is 5.76. The molecule has 0 radical (unpaired) electrons.